The Balaban J connectivity index is 1.93. The Hall–Kier alpha value is -2.60. The molecule has 0 spiro atoms. The first-order chi connectivity index (χ1) is 11.0. The largest absolute Gasteiger partial charge is 0.486 e. The fourth-order valence-corrected chi connectivity index (χ4v) is 2.38. The molecule has 3 rings (SSSR count). The Morgan fingerprint density at radius 3 is 2.57 bits per heavy atom. The summed E-state index contributed by atoms with van der Waals surface area (Å²) in [4.78, 5) is 12.3. The van der Waals surface area contributed by atoms with E-state index in [0.717, 1.165) is 6.07 Å². The summed E-state index contributed by atoms with van der Waals surface area (Å²) in [6, 6.07) is 8.63. The van der Waals surface area contributed by atoms with Crippen molar-refractivity contribution in [2.24, 2.45) is 0 Å². The van der Waals surface area contributed by atoms with E-state index in [4.69, 9.17) is 9.47 Å². The van der Waals surface area contributed by atoms with E-state index in [0.29, 0.717) is 36.0 Å². The second kappa shape index (κ2) is 6.26. The van der Waals surface area contributed by atoms with E-state index in [9.17, 15) is 14.3 Å². The van der Waals surface area contributed by atoms with Crippen molar-refractivity contribution in [1.82, 2.24) is 0 Å². The number of halogens is 1. The van der Waals surface area contributed by atoms with Gasteiger partial charge in [0.25, 0.3) is 5.91 Å². The van der Waals surface area contributed by atoms with E-state index in [1.165, 1.54) is 18.2 Å². The first-order valence-corrected chi connectivity index (χ1v) is 7.23. The minimum absolute atomic E-state index is 0.191. The van der Waals surface area contributed by atoms with Gasteiger partial charge in [0.05, 0.1) is 11.8 Å². The van der Waals surface area contributed by atoms with Gasteiger partial charge in [-0.15, -0.1) is 0 Å². The first kappa shape index (κ1) is 15.3. The van der Waals surface area contributed by atoms with Crippen molar-refractivity contribution in [1.29, 1.82) is 0 Å². The maximum atomic E-state index is 13.2. The molecule has 0 aromatic heterocycles. The first-order valence-electron chi connectivity index (χ1n) is 7.23. The highest BCUT2D eigenvalue weighted by Crippen LogP contribution is 2.38. The molecule has 120 valence electrons. The SMILES string of the molecule is C[C@H](O)c1cc2c(cc1NC(=O)c1cccc(F)c1)OCCO2. The molecule has 1 aliphatic heterocycles. The molecule has 0 aliphatic carbocycles. The van der Waals surface area contributed by atoms with Crippen molar-refractivity contribution in [3.63, 3.8) is 0 Å². The number of fused-ring (bicyclic) bond motifs is 1. The average molecular weight is 317 g/mol. The number of carbonyl (C=O) groups excluding carboxylic acids is 1. The molecule has 2 N–H and O–H groups in total. The Kier molecular flexibility index (Phi) is 4.16. The molecule has 2 aromatic carbocycles. The van der Waals surface area contributed by atoms with Gasteiger partial charge >= 0.3 is 0 Å². The molecule has 5 nitrogen and oxygen atoms in total. The highest BCUT2D eigenvalue weighted by Gasteiger charge is 2.20. The van der Waals surface area contributed by atoms with Crippen molar-refractivity contribution in [2.45, 2.75) is 13.0 Å². The zero-order valence-corrected chi connectivity index (χ0v) is 12.5. The molecule has 1 atom stereocenters. The van der Waals surface area contributed by atoms with E-state index in [1.54, 1.807) is 19.1 Å². The van der Waals surface area contributed by atoms with E-state index in [2.05, 4.69) is 5.32 Å². The highest BCUT2D eigenvalue weighted by molar-refractivity contribution is 6.04. The number of amides is 1. The number of aliphatic hydroxyl groups excluding tert-OH is 1. The number of ether oxygens (including phenoxy) is 2. The number of hydrogen-bond acceptors (Lipinski definition) is 4. The van der Waals surface area contributed by atoms with Gasteiger partial charge in [0.2, 0.25) is 0 Å². The van der Waals surface area contributed by atoms with Crippen LogP contribution in [0.3, 0.4) is 0 Å². The van der Waals surface area contributed by atoms with Crippen LogP contribution in [0.4, 0.5) is 10.1 Å². The van der Waals surface area contributed by atoms with Crippen LogP contribution in [0.25, 0.3) is 0 Å². The second-order valence-electron chi connectivity index (χ2n) is 5.22. The molecule has 2 aromatic rings. The van der Waals surface area contributed by atoms with Crippen molar-refractivity contribution >= 4 is 11.6 Å². The third-order valence-electron chi connectivity index (χ3n) is 3.50. The summed E-state index contributed by atoms with van der Waals surface area (Å²) in [5, 5.41) is 12.6. The summed E-state index contributed by atoms with van der Waals surface area (Å²) in [5.41, 5.74) is 1.09. The van der Waals surface area contributed by atoms with Gasteiger partial charge in [0.1, 0.15) is 19.0 Å². The number of anilines is 1. The summed E-state index contributed by atoms with van der Waals surface area (Å²) in [5.74, 6) is 0.0600. The van der Waals surface area contributed by atoms with Gasteiger partial charge in [0, 0.05) is 17.2 Å². The molecule has 6 heteroatoms. The number of benzene rings is 2. The van der Waals surface area contributed by atoms with Crippen LogP contribution in [0.2, 0.25) is 0 Å². The molecular formula is C17H16FNO4. The molecule has 23 heavy (non-hydrogen) atoms. The lowest BCUT2D eigenvalue weighted by molar-refractivity contribution is 0.102. The molecule has 0 bridgehead atoms. The van der Waals surface area contributed by atoms with Crippen molar-refractivity contribution < 1.29 is 23.8 Å². The monoisotopic (exact) mass is 317 g/mol. The Morgan fingerprint density at radius 1 is 1.22 bits per heavy atom. The van der Waals surface area contributed by atoms with Gasteiger partial charge in [-0.2, -0.15) is 0 Å². The Morgan fingerprint density at radius 2 is 1.91 bits per heavy atom. The van der Waals surface area contributed by atoms with Crippen LogP contribution in [0, 0.1) is 5.82 Å². The highest BCUT2D eigenvalue weighted by atomic mass is 19.1. The topological polar surface area (TPSA) is 67.8 Å². The quantitative estimate of drug-likeness (QED) is 0.913. The van der Waals surface area contributed by atoms with Gasteiger partial charge in [-0.1, -0.05) is 6.07 Å². The van der Waals surface area contributed by atoms with Crippen molar-refractivity contribution in [3.8, 4) is 11.5 Å². The van der Waals surface area contributed by atoms with Gasteiger partial charge in [-0.25, -0.2) is 4.39 Å². The van der Waals surface area contributed by atoms with E-state index < -0.39 is 17.8 Å². The molecular weight excluding hydrogens is 301 g/mol. The summed E-state index contributed by atoms with van der Waals surface area (Å²) >= 11 is 0. The fourth-order valence-electron chi connectivity index (χ4n) is 2.38. The number of aliphatic hydroxyl groups is 1. The zero-order valence-electron chi connectivity index (χ0n) is 12.5. The third-order valence-corrected chi connectivity index (χ3v) is 3.50. The van der Waals surface area contributed by atoms with Gasteiger partial charge < -0.3 is 19.9 Å². The summed E-state index contributed by atoms with van der Waals surface area (Å²) < 4.78 is 24.2. The average Bonchev–Trinajstić information content (AvgIpc) is 2.54. The molecule has 1 heterocycles. The van der Waals surface area contributed by atoms with Crippen LogP contribution in [-0.4, -0.2) is 24.2 Å². The summed E-state index contributed by atoms with van der Waals surface area (Å²) in [6.07, 6.45) is -0.811. The van der Waals surface area contributed by atoms with Gasteiger partial charge in [-0.05, 0) is 31.2 Å². The molecule has 1 aliphatic rings. The van der Waals surface area contributed by atoms with Crippen LogP contribution in [0.5, 0.6) is 11.5 Å². The summed E-state index contributed by atoms with van der Waals surface area (Å²) in [7, 11) is 0. The Labute approximate surface area is 132 Å². The third kappa shape index (κ3) is 3.27. The van der Waals surface area contributed by atoms with Crippen molar-refractivity contribution in [3.05, 3.63) is 53.3 Å². The maximum absolute atomic E-state index is 13.2. The number of rotatable bonds is 3. The fraction of sp³-hybridized carbons (Fsp3) is 0.235. The molecule has 0 saturated heterocycles. The smallest absolute Gasteiger partial charge is 0.255 e. The van der Waals surface area contributed by atoms with E-state index in [-0.39, 0.29) is 5.56 Å². The summed E-state index contributed by atoms with van der Waals surface area (Å²) in [6.45, 7) is 2.43. The van der Waals surface area contributed by atoms with Gasteiger partial charge in [-0.3, -0.25) is 4.79 Å². The lowest BCUT2D eigenvalue weighted by Crippen LogP contribution is -2.18. The minimum Gasteiger partial charge on any atom is -0.486 e. The molecule has 1 amide bonds. The normalized spacial score (nSPS) is 14.2. The van der Waals surface area contributed by atoms with Crippen LogP contribution in [-0.2, 0) is 0 Å². The number of carbonyl (C=O) groups is 1. The van der Waals surface area contributed by atoms with E-state index >= 15 is 0 Å². The van der Waals surface area contributed by atoms with Gasteiger partial charge in [0.15, 0.2) is 11.5 Å². The lowest BCUT2D eigenvalue weighted by Gasteiger charge is -2.22. The maximum Gasteiger partial charge on any atom is 0.255 e. The molecule has 0 fully saturated rings. The molecule has 0 saturated carbocycles. The standard InChI is InChI=1S/C17H16FNO4/c1-10(20)13-8-15-16(23-6-5-22-15)9-14(13)19-17(21)11-3-2-4-12(18)7-11/h2-4,7-10,20H,5-6H2,1H3,(H,19,21)/t10-/m0/s1. The van der Waals surface area contributed by atoms with Crippen LogP contribution in [0.1, 0.15) is 28.9 Å². The minimum atomic E-state index is -0.811. The van der Waals surface area contributed by atoms with Crippen LogP contribution >= 0.6 is 0 Å². The molecule has 0 radical (unpaired) electrons. The predicted octanol–water partition coefficient (Wildman–Crippen LogP) is 2.90. The second-order valence-corrected chi connectivity index (χ2v) is 5.22. The predicted molar refractivity (Wildman–Crippen MR) is 82.4 cm³/mol. The Bertz CT molecular complexity index is 745. The number of nitrogens with one attached hydrogen (secondary N) is 1. The zero-order chi connectivity index (χ0) is 16.4. The van der Waals surface area contributed by atoms with Crippen molar-refractivity contribution in [2.75, 3.05) is 18.5 Å². The van der Waals surface area contributed by atoms with Crippen LogP contribution < -0.4 is 14.8 Å². The number of hydrogen-bond donors (Lipinski definition) is 2. The lowest BCUT2D eigenvalue weighted by atomic mass is 10.1. The molecule has 0 unspecified atom stereocenters. The van der Waals surface area contributed by atoms with E-state index in [1.807, 2.05) is 0 Å². The van der Waals surface area contributed by atoms with Crippen LogP contribution in [0.15, 0.2) is 36.4 Å².